The van der Waals surface area contributed by atoms with Crippen molar-refractivity contribution in [3.63, 3.8) is 0 Å². The summed E-state index contributed by atoms with van der Waals surface area (Å²) in [6.45, 7) is 0. The quantitative estimate of drug-likeness (QED) is 0.313. The maximum absolute atomic E-state index is 4.56. The van der Waals surface area contributed by atoms with Gasteiger partial charge in [-0.2, -0.15) is 0 Å². The molecule has 0 unspecified atom stereocenters. The van der Waals surface area contributed by atoms with Crippen molar-refractivity contribution in [2.75, 3.05) is 0 Å². The molecule has 0 aliphatic heterocycles. The summed E-state index contributed by atoms with van der Waals surface area (Å²) in [6.07, 6.45) is 3.86. The van der Waals surface area contributed by atoms with Crippen LogP contribution in [-0.4, -0.2) is 9.97 Å². The summed E-state index contributed by atoms with van der Waals surface area (Å²) in [6, 6.07) is 16.4. The number of rotatable bonds is 3. The van der Waals surface area contributed by atoms with Crippen molar-refractivity contribution in [1.82, 2.24) is 9.97 Å². The van der Waals surface area contributed by atoms with Crippen molar-refractivity contribution in [2.45, 2.75) is 0 Å². The van der Waals surface area contributed by atoms with Crippen LogP contribution < -0.4 is 0 Å². The van der Waals surface area contributed by atoms with Crippen molar-refractivity contribution in [2.24, 2.45) is 0 Å². The van der Waals surface area contributed by atoms with Gasteiger partial charge in [-0.15, -0.1) is 22.7 Å². The highest BCUT2D eigenvalue weighted by Crippen LogP contribution is 2.37. The van der Waals surface area contributed by atoms with E-state index in [1.54, 1.807) is 22.7 Å². The molecule has 0 atom stereocenters. The van der Waals surface area contributed by atoms with Crippen LogP contribution in [0.4, 0.5) is 0 Å². The molecule has 4 aromatic rings. The Balaban J connectivity index is 1.63. The zero-order valence-corrected chi connectivity index (χ0v) is 17.0. The van der Waals surface area contributed by atoms with E-state index in [4.69, 9.17) is 0 Å². The molecule has 2 nitrogen and oxygen atoms in total. The maximum Gasteiger partial charge on any atom is 0.123 e. The lowest BCUT2D eigenvalue weighted by molar-refractivity contribution is 1.40. The molecule has 2 heterocycles. The summed E-state index contributed by atoms with van der Waals surface area (Å²) in [5.41, 5.74) is 2.26. The molecule has 0 spiro atoms. The minimum atomic E-state index is 1.02. The first-order valence-electron chi connectivity index (χ1n) is 7.13. The Morgan fingerprint density at radius 3 is 1.33 bits per heavy atom. The third-order valence-corrected chi connectivity index (χ3v) is 6.78. The number of hydrogen-bond donors (Lipinski definition) is 0. The van der Waals surface area contributed by atoms with Gasteiger partial charge in [0.2, 0.25) is 0 Å². The Hall–Kier alpha value is -1.34. The Morgan fingerprint density at radius 1 is 0.583 bits per heavy atom. The second-order valence-electron chi connectivity index (χ2n) is 5.07. The summed E-state index contributed by atoms with van der Waals surface area (Å²) in [4.78, 5) is 11.4. The largest absolute Gasteiger partial charge is 0.244 e. The van der Waals surface area contributed by atoms with Crippen LogP contribution in [0.25, 0.3) is 30.9 Å². The molecule has 2 aromatic carbocycles. The highest BCUT2D eigenvalue weighted by Gasteiger charge is 2.11. The standard InChI is InChI=1S/C18H10Br2N2S2/c19-13-5-1-11(2-6-13)17-21-9-15(23-17)16-10-22-18(24-16)12-3-7-14(20)8-4-12/h1-10H. The Bertz CT molecular complexity index is 891. The summed E-state index contributed by atoms with van der Waals surface area (Å²) >= 11 is 10.3. The lowest BCUT2D eigenvalue weighted by atomic mass is 10.2. The predicted molar refractivity (Wildman–Crippen MR) is 109 cm³/mol. The fraction of sp³-hybridized carbons (Fsp3) is 0. The number of hydrogen-bond acceptors (Lipinski definition) is 4. The van der Waals surface area contributed by atoms with Crippen LogP contribution in [-0.2, 0) is 0 Å². The molecule has 118 valence electrons. The first kappa shape index (κ1) is 16.1. The van der Waals surface area contributed by atoms with E-state index < -0.39 is 0 Å². The van der Waals surface area contributed by atoms with Gasteiger partial charge in [0.15, 0.2) is 0 Å². The molecule has 0 saturated heterocycles. The summed E-state index contributed by atoms with van der Waals surface area (Å²) in [7, 11) is 0. The van der Waals surface area contributed by atoms with Gasteiger partial charge in [0.25, 0.3) is 0 Å². The van der Waals surface area contributed by atoms with Gasteiger partial charge in [0, 0.05) is 32.5 Å². The summed E-state index contributed by atoms with van der Waals surface area (Å²) in [5.74, 6) is 0. The van der Waals surface area contributed by atoms with Crippen LogP contribution in [0.3, 0.4) is 0 Å². The lowest BCUT2D eigenvalue weighted by Crippen LogP contribution is -1.73. The fourth-order valence-corrected chi connectivity index (χ4v) is 4.66. The lowest BCUT2D eigenvalue weighted by Gasteiger charge is -1.96. The molecule has 0 radical (unpaired) electrons. The molecule has 0 fully saturated rings. The van der Waals surface area contributed by atoms with Gasteiger partial charge in [-0.1, -0.05) is 56.1 Å². The van der Waals surface area contributed by atoms with E-state index in [9.17, 15) is 0 Å². The number of benzene rings is 2. The first-order valence-corrected chi connectivity index (χ1v) is 10.3. The van der Waals surface area contributed by atoms with E-state index >= 15 is 0 Å². The number of aromatic nitrogens is 2. The highest BCUT2D eigenvalue weighted by molar-refractivity contribution is 9.10. The van der Waals surface area contributed by atoms with Gasteiger partial charge in [-0.25, -0.2) is 9.97 Å². The first-order chi connectivity index (χ1) is 11.7. The van der Waals surface area contributed by atoms with E-state index in [0.29, 0.717) is 0 Å². The van der Waals surface area contributed by atoms with Crippen LogP contribution in [0.2, 0.25) is 0 Å². The Morgan fingerprint density at radius 2 is 0.958 bits per heavy atom. The third kappa shape index (κ3) is 3.37. The fourth-order valence-electron chi connectivity index (χ4n) is 2.23. The van der Waals surface area contributed by atoms with E-state index in [0.717, 1.165) is 39.8 Å². The molecule has 0 bridgehead atoms. The molecule has 6 heteroatoms. The second kappa shape index (κ2) is 6.88. The van der Waals surface area contributed by atoms with Crippen molar-refractivity contribution in [1.29, 1.82) is 0 Å². The zero-order chi connectivity index (χ0) is 16.5. The molecular weight excluding hydrogens is 468 g/mol. The van der Waals surface area contributed by atoms with Crippen LogP contribution in [0.1, 0.15) is 0 Å². The SMILES string of the molecule is Brc1ccc(-c2ncc(-c3cnc(-c4ccc(Br)cc4)s3)s2)cc1. The number of nitrogens with zero attached hydrogens (tertiary/aromatic N) is 2. The molecule has 24 heavy (non-hydrogen) atoms. The van der Waals surface area contributed by atoms with Crippen molar-refractivity contribution in [3.8, 4) is 30.9 Å². The number of thiazole rings is 2. The maximum atomic E-state index is 4.56. The van der Waals surface area contributed by atoms with Gasteiger partial charge in [0.1, 0.15) is 10.0 Å². The van der Waals surface area contributed by atoms with E-state index in [1.807, 2.05) is 36.7 Å². The average Bonchev–Trinajstić information content (AvgIpc) is 3.25. The van der Waals surface area contributed by atoms with Gasteiger partial charge < -0.3 is 0 Å². The van der Waals surface area contributed by atoms with Crippen molar-refractivity contribution < 1.29 is 0 Å². The van der Waals surface area contributed by atoms with Gasteiger partial charge in [-0.05, 0) is 24.3 Å². The monoisotopic (exact) mass is 476 g/mol. The summed E-state index contributed by atoms with van der Waals surface area (Å²) < 4.78 is 2.15. The highest BCUT2D eigenvalue weighted by atomic mass is 79.9. The normalized spacial score (nSPS) is 10.9. The van der Waals surface area contributed by atoms with Gasteiger partial charge in [-0.3, -0.25) is 0 Å². The average molecular weight is 478 g/mol. The van der Waals surface area contributed by atoms with Crippen LogP contribution in [0.15, 0.2) is 69.9 Å². The van der Waals surface area contributed by atoms with Gasteiger partial charge >= 0.3 is 0 Å². The molecule has 0 aliphatic rings. The van der Waals surface area contributed by atoms with Crippen molar-refractivity contribution in [3.05, 3.63) is 69.9 Å². The minimum Gasteiger partial charge on any atom is -0.244 e. The molecule has 2 aromatic heterocycles. The van der Waals surface area contributed by atoms with Crippen molar-refractivity contribution >= 4 is 54.5 Å². The van der Waals surface area contributed by atoms with Crippen LogP contribution in [0, 0.1) is 0 Å². The molecular formula is C18H10Br2N2S2. The van der Waals surface area contributed by atoms with E-state index in [1.165, 1.54) is 0 Å². The predicted octanol–water partition coefficient (Wildman–Crippen LogP) is 7.13. The van der Waals surface area contributed by atoms with Crippen LogP contribution in [0.5, 0.6) is 0 Å². The molecule has 0 N–H and O–H groups in total. The zero-order valence-electron chi connectivity index (χ0n) is 12.2. The Labute approximate surface area is 164 Å². The van der Waals surface area contributed by atoms with Crippen LogP contribution >= 0.6 is 54.5 Å². The van der Waals surface area contributed by atoms with E-state index in [-0.39, 0.29) is 0 Å². The topological polar surface area (TPSA) is 25.8 Å². The molecule has 0 amide bonds. The van der Waals surface area contributed by atoms with E-state index in [2.05, 4.69) is 66.1 Å². The third-order valence-electron chi connectivity index (χ3n) is 3.44. The summed E-state index contributed by atoms with van der Waals surface area (Å²) in [5, 5.41) is 2.05. The van der Waals surface area contributed by atoms with Gasteiger partial charge in [0.05, 0.1) is 9.75 Å². The molecule has 0 saturated carbocycles. The Kier molecular flexibility index (Phi) is 4.63. The second-order valence-corrected chi connectivity index (χ2v) is 8.97. The smallest absolute Gasteiger partial charge is 0.123 e. The molecule has 0 aliphatic carbocycles. The molecule has 4 rings (SSSR count). The minimum absolute atomic E-state index is 1.02. The number of halogens is 2.